The van der Waals surface area contributed by atoms with E-state index in [1.165, 1.54) is 0 Å². The van der Waals surface area contributed by atoms with E-state index in [2.05, 4.69) is 31.4 Å². The van der Waals surface area contributed by atoms with E-state index in [0.717, 1.165) is 25.5 Å². The van der Waals surface area contributed by atoms with E-state index in [4.69, 9.17) is 26.1 Å². The van der Waals surface area contributed by atoms with Gasteiger partial charge in [-0.1, -0.05) is 37.6 Å². The molecule has 1 aromatic carbocycles. The number of nitrogens with one attached hydrogen (secondary N) is 2. The third-order valence-corrected chi connectivity index (χ3v) is 5.72. The lowest BCUT2D eigenvalue weighted by molar-refractivity contribution is -0.106. The fourth-order valence-corrected chi connectivity index (χ4v) is 4.28. The molecule has 1 aliphatic heterocycles. The molecule has 2 aliphatic rings. The van der Waals surface area contributed by atoms with Crippen molar-refractivity contribution in [3.8, 4) is 5.75 Å². The Morgan fingerprint density at radius 3 is 2.92 bits per heavy atom. The third kappa shape index (κ3) is 3.94. The van der Waals surface area contributed by atoms with Gasteiger partial charge in [0.1, 0.15) is 11.9 Å². The van der Waals surface area contributed by atoms with Gasteiger partial charge in [-0.3, -0.25) is 0 Å². The highest BCUT2D eigenvalue weighted by molar-refractivity contribution is 6.32. The number of fused-ring (bicyclic) bond motifs is 1. The number of para-hydroxylation sites is 1. The number of hydrogen-bond donors (Lipinski definition) is 2. The smallest absolute Gasteiger partial charge is 0.191 e. The van der Waals surface area contributed by atoms with E-state index in [-0.39, 0.29) is 11.5 Å². The zero-order chi connectivity index (χ0) is 18.7. The largest absolute Gasteiger partial charge is 0.487 e. The maximum Gasteiger partial charge on any atom is 0.191 e. The summed E-state index contributed by atoms with van der Waals surface area (Å²) in [6.45, 7) is 10.9. The summed E-state index contributed by atoms with van der Waals surface area (Å²) in [5.41, 5.74) is 0.122. The van der Waals surface area contributed by atoms with Gasteiger partial charge in [0.15, 0.2) is 5.96 Å². The van der Waals surface area contributed by atoms with Crippen molar-refractivity contribution in [3.05, 3.63) is 29.3 Å². The van der Waals surface area contributed by atoms with E-state index in [1.807, 2.05) is 31.2 Å². The van der Waals surface area contributed by atoms with Crippen molar-refractivity contribution in [1.29, 1.82) is 0 Å². The molecule has 144 valence electrons. The molecule has 6 heteroatoms. The van der Waals surface area contributed by atoms with Crippen LogP contribution >= 0.6 is 11.6 Å². The molecule has 1 aromatic rings. The molecule has 2 fully saturated rings. The number of nitrogens with zero attached hydrogens (tertiary/aromatic N) is 1. The summed E-state index contributed by atoms with van der Waals surface area (Å²) in [4.78, 5) is 4.73. The van der Waals surface area contributed by atoms with Crippen LogP contribution in [0.25, 0.3) is 0 Å². The molecule has 3 rings (SSSR count). The molecule has 0 radical (unpaired) electrons. The number of ether oxygens (including phenoxy) is 2. The molecule has 4 unspecified atom stereocenters. The number of guanidine groups is 1. The fraction of sp³-hybridized carbons (Fsp3) is 0.650. The van der Waals surface area contributed by atoms with Crippen molar-refractivity contribution in [3.63, 3.8) is 0 Å². The van der Waals surface area contributed by atoms with Gasteiger partial charge >= 0.3 is 0 Å². The summed E-state index contributed by atoms with van der Waals surface area (Å²) in [5.74, 6) is 2.11. The van der Waals surface area contributed by atoms with Crippen LogP contribution in [0.15, 0.2) is 29.3 Å². The van der Waals surface area contributed by atoms with Crippen LogP contribution in [0.4, 0.5) is 0 Å². The van der Waals surface area contributed by atoms with Crippen LogP contribution in [0, 0.1) is 11.3 Å². The third-order valence-electron chi connectivity index (χ3n) is 5.41. The Hall–Kier alpha value is -1.46. The average Bonchev–Trinajstić information content (AvgIpc) is 3.06. The van der Waals surface area contributed by atoms with Crippen molar-refractivity contribution in [1.82, 2.24) is 10.6 Å². The first kappa shape index (κ1) is 19.3. The van der Waals surface area contributed by atoms with Gasteiger partial charge in [-0.05, 0) is 32.4 Å². The predicted octanol–water partition coefficient (Wildman–Crippen LogP) is 3.48. The molecule has 1 aliphatic carbocycles. The van der Waals surface area contributed by atoms with Crippen molar-refractivity contribution in [2.24, 2.45) is 16.3 Å². The lowest BCUT2D eigenvalue weighted by atomic mass is 9.57. The summed E-state index contributed by atoms with van der Waals surface area (Å²) < 4.78 is 11.8. The van der Waals surface area contributed by atoms with Gasteiger partial charge in [0.2, 0.25) is 0 Å². The normalized spacial score (nSPS) is 28.0. The average molecular weight is 380 g/mol. The Labute approximate surface area is 161 Å². The van der Waals surface area contributed by atoms with Gasteiger partial charge in [0.25, 0.3) is 0 Å². The summed E-state index contributed by atoms with van der Waals surface area (Å²) in [6.07, 6.45) is 1.42. The van der Waals surface area contributed by atoms with E-state index in [9.17, 15) is 0 Å². The second-order valence-corrected chi connectivity index (χ2v) is 8.17. The molecule has 0 bridgehead atoms. The standard InChI is InChI=1S/C20H30ClN3O2/c1-5-22-19(24-17-14-10-11-25-18(14)20(17,3)4)23-12-13(2)26-16-9-7-6-8-15(16)21/h6-9,13-14,17-18H,5,10-12H2,1-4H3,(H2,22,23,24). The Kier molecular flexibility index (Phi) is 5.98. The minimum Gasteiger partial charge on any atom is -0.487 e. The monoisotopic (exact) mass is 379 g/mol. The molecule has 2 N–H and O–H groups in total. The quantitative estimate of drug-likeness (QED) is 0.587. The number of aliphatic imine (C=N–C) groups is 1. The number of halogens is 1. The topological polar surface area (TPSA) is 54.9 Å². The highest BCUT2D eigenvalue weighted by Crippen LogP contribution is 2.52. The van der Waals surface area contributed by atoms with Crippen LogP contribution in [0.5, 0.6) is 5.75 Å². The number of hydrogen-bond acceptors (Lipinski definition) is 3. The van der Waals surface area contributed by atoms with E-state index < -0.39 is 0 Å². The molecule has 1 saturated carbocycles. The van der Waals surface area contributed by atoms with Gasteiger partial charge in [-0.15, -0.1) is 0 Å². The van der Waals surface area contributed by atoms with E-state index in [1.54, 1.807) is 0 Å². The highest BCUT2D eigenvalue weighted by atomic mass is 35.5. The molecule has 4 atom stereocenters. The van der Waals surface area contributed by atoms with Crippen LogP contribution < -0.4 is 15.4 Å². The lowest BCUT2D eigenvalue weighted by Gasteiger charge is -2.54. The molecular formula is C20H30ClN3O2. The van der Waals surface area contributed by atoms with Crippen molar-refractivity contribution < 1.29 is 9.47 Å². The first-order valence-corrected chi connectivity index (χ1v) is 9.89. The van der Waals surface area contributed by atoms with Crippen molar-refractivity contribution in [2.75, 3.05) is 19.7 Å². The second-order valence-electron chi connectivity index (χ2n) is 7.77. The summed E-state index contributed by atoms with van der Waals surface area (Å²) in [7, 11) is 0. The number of benzene rings is 1. The molecule has 0 aromatic heterocycles. The molecule has 0 amide bonds. The molecule has 0 spiro atoms. The van der Waals surface area contributed by atoms with Crippen LogP contribution in [0.3, 0.4) is 0 Å². The molecule has 26 heavy (non-hydrogen) atoms. The minimum absolute atomic E-state index is 0.0673. The second kappa shape index (κ2) is 8.05. The van der Waals surface area contributed by atoms with Crippen molar-refractivity contribution >= 4 is 17.6 Å². The lowest BCUT2D eigenvalue weighted by Crippen LogP contribution is -2.68. The maximum absolute atomic E-state index is 6.16. The van der Waals surface area contributed by atoms with E-state index >= 15 is 0 Å². The minimum atomic E-state index is -0.0673. The summed E-state index contributed by atoms with van der Waals surface area (Å²) in [5, 5.41) is 7.59. The highest BCUT2D eigenvalue weighted by Gasteiger charge is 2.59. The first-order valence-electron chi connectivity index (χ1n) is 9.51. The number of rotatable bonds is 6. The van der Waals surface area contributed by atoms with Crippen LogP contribution in [0.1, 0.15) is 34.1 Å². The van der Waals surface area contributed by atoms with Crippen LogP contribution in [-0.4, -0.2) is 43.9 Å². The van der Waals surface area contributed by atoms with Gasteiger partial charge < -0.3 is 20.1 Å². The SMILES string of the molecule is CCNC(=NCC(C)Oc1ccccc1Cl)NC1C2CCOC2C1(C)C. The molecule has 1 heterocycles. The van der Waals surface area contributed by atoms with Gasteiger partial charge in [0.05, 0.1) is 17.7 Å². The first-order chi connectivity index (χ1) is 12.4. The molecule has 5 nitrogen and oxygen atoms in total. The Bertz CT molecular complexity index is 650. The van der Waals surface area contributed by atoms with Crippen molar-refractivity contribution in [2.45, 2.75) is 52.4 Å². The van der Waals surface area contributed by atoms with E-state index in [0.29, 0.717) is 35.4 Å². The fourth-order valence-electron chi connectivity index (χ4n) is 4.10. The predicted molar refractivity (Wildman–Crippen MR) is 106 cm³/mol. The Balaban J connectivity index is 1.59. The Morgan fingerprint density at radius 1 is 1.42 bits per heavy atom. The van der Waals surface area contributed by atoms with Crippen LogP contribution in [0.2, 0.25) is 5.02 Å². The maximum atomic E-state index is 6.16. The van der Waals surface area contributed by atoms with Crippen LogP contribution in [-0.2, 0) is 4.74 Å². The zero-order valence-corrected chi connectivity index (χ0v) is 16.8. The molecular weight excluding hydrogens is 350 g/mol. The van der Waals surface area contributed by atoms with Gasteiger partial charge in [-0.25, -0.2) is 4.99 Å². The Morgan fingerprint density at radius 2 is 2.19 bits per heavy atom. The zero-order valence-electron chi connectivity index (χ0n) is 16.1. The summed E-state index contributed by atoms with van der Waals surface area (Å²) in [6, 6.07) is 7.90. The molecule has 1 saturated heterocycles. The van der Waals surface area contributed by atoms with Gasteiger partial charge in [0, 0.05) is 30.5 Å². The summed E-state index contributed by atoms with van der Waals surface area (Å²) >= 11 is 6.16. The van der Waals surface area contributed by atoms with Gasteiger partial charge in [-0.2, -0.15) is 0 Å².